The van der Waals surface area contributed by atoms with Crippen molar-refractivity contribution >= 4 is 10.0 Å². The molecule has 5 heteroatoms. The van der Waals surface area contributed by atoms with E-state index in [0.29, 0.717) is 13.0 Å². The Morgan fingerprint density at radius 3 is 2.50 bits per heavy atom. The number of sulfonamides is 1. The molecule has 1 rings (SSSR count). The number of nitrogens with two attached hydrogens (primary N) is 1. The minimum Gasteiger partial charge on any atom is -0.329 e. The first-order valence-electron chi connectivity index (χ1n) is 3.24. The molecular weight excluding hydrogens is 152 g/mol. The van der Waals surface area contributed by atoms with Crippen LogP contribution in [-0.2, 0) is 10.0 Å². The second-order valence-corrected chi connectivity index (χ2v) is 4.83. The molecule has 1 atom stereocenters. The monoisotopic (exact) mass is 164 g/mol. The topological polar surface area (TPSA) is 63.4 Å². The van der Waals surface area contributed by atoms with E-state index in [1.165, 1.54) is 4.31 Å². The second-order valence-electron chi connectivity index (χ2n) is 2.51. The van der Waals surface area contributed by atoms with E-state index in [1.54, 1.807) is 7.05 Å². The van der Waals surface area contributed by atoms with Gasteiger partial charge in [0.25, 0.3) is 0 Å². The van der Waals surface area contributed by atoms with Gasteiger partial charge in [-0.2, -0.15) is 0 Å². The maximum Gasteiger partial charge on any atom is 0.218 e. The van der Waals surface area contributed by atoms with E-state index in [2.05, 4.69) is 0 Å². The van der Waals surface area contributed by atoms with Gasteiger partial charge in [0, 0.05) is 20.1 Å². The van der Waals surface area contributed by atoms with Crippen LogP contribution >= 0.6 is 0 Å². The van der Waals surface area contributed by atoms with Crippen LogP contribution in [-0.4, -0.2) is 38.1 Å². The summed E-state index contributed by atoms with van der Waals surface area (Å²) in [7, 11) is -1.42. The average molecular weight is 164 g/mol. The van der Waals surface area contributed by atoms with Crippen LogP contribution in [0.5, 0.6) is 0 Å². The van der Waals surface area contributed by atoms with Crippen molar-refractivity contribution in [3.63, 3.8) is 0 Å². The molecule has 0 aromatic carbocycles. The van der Waals surface area contributed by atoms with E-state index in [9.17, 15) is 8.42 Å². The molecule has 2 N–H and O–H groups in total. The molecule has 0 aliphatic carbocycles. The van der Waals surface area contributed by atoms with Gasteiger partial charge in [-0.3, -0.25) is 0 Å². The Bertz CT molecular complexity index is 212. The van der Waals surface area contributed by atoms with Gasteiger partial charge in [0.15, 0.2) is 0 Å². The highest BCUT2D eigenvalue weighted by molar-refractivity contribution is 7.90. The van der Waals surface area contributed by atoms with Crippen LogP contribution in [0.1, 0.15) is 6.42 Å². The minimum absolute atomic E-state index is 0.243. The zero-order valence-corrected chi connectivity index (χ0v) is 6.76. The number of hydrogen-bond donors (Lipinski definition) is 1. The highest BCUT2D eigenvalue weighted by atomic mass is 32.2. The van der Waals surface area contributed by atoms with Gasteiger partial charge in [0.2, 0.25) is 10.0 Å². The molecule has 1 aliphatic rings. The van der Waals surface area contributed by atoms with Crippen molar-refractivity contribution in [3.05, 3.63) is 0 Å². The first kappa shape index (κ1) is 7.97. The Balaban J connectivity index is 2.85. The van der Waals surface area contributed by atoms with Crippen molar-refractivity contribution in [2.75, 3.05) is 20.1 Å². The highest BCUT2D eigenvalue weighted by Gasteiger charge is 2.34. The summed E-state index contributed by atoms with van der Waals surface area (Å²) in [6.07, 6.45) is 0.676. The van der Waals surface area contributed by atoms with Crippen molar-refractivity contribution in [1.82, 2.24) is 4.31 Å². The lowest BCUT2D eigenvalue weighted by Crippen LogP contribution is -2.30. The fraction of sp³-hybridized carbons (Fsp3) is 1.00. The fourth-order valence-electron chi connectivity index (χ4n) is 1.10. The van der Waals surface area contributed by atoms with Gasteiger partial charge >= 0.3 is 0 Å². The normalized spacial score (nSPS) is 32.8. The molecule has 1 fully saturated rings. The molecule has 1 saturated heterocycles. The average Bonchev–Trinajstić information content (AvgIpc) is 2.10. The maximum absolute atomic E-state index is 11.2. The summed E-state index contributed by atoms with van der Waals surface area (Å²) < 4.78 is 23.7. The van der Waals surface area contributed by atoms with Crippen molar-refractivity contribution in [2.45, 2.75) is 11.7 Å². The van der Waals surface area contributed by atoms with E-state index in [1.807, 2.05) is 0 Å². The van der Waals surface area contributed by atoms with Crippen LogP contribution in [0.15, 0.2) is 0 Å². The quantitative estimate of drug-likeness (QED) is 0.539. The number of hydrogen-bond acceptors (Lipinski definition) is 3. The van der Waals surface area contributed by atoms with E-state index in [4.69, 9.17) is 5.73 Å². The minimum atomic E-state index is -3.01. The van der Waals surface area contributed by atoms with E-state index >= 15 is 0 Å². The third-order valence-electron chi connectivity index (χ3n) is 1.88. The van der Waals surface area contributed by atoms with Crippen LogP contribution in [0.2, 0.25) is 0 Å². The zero-order valence-electron chi connectivity index (χ0n) is 5.95. The van der Waals surface area contributed by atoms with Crippen LogP contribution in [0, 0.1) is 0 Å². The third kappa shape index (κ3) is 1.04. The summed E-state index contributed by atoms with van der Waals surface area (Å²) in [4.78, 5) is 0. The second kappa shape index (κ2) is 2.48. The van der Waals surface area contributed by atoms with Gasteiger partial charge < -0.3 is 5.73 Å². The number of nitrogens with zero attached hydrogens (tertiary/aromatic N) is 1. The predicted molar refractivity (Wildman–Crippen MR) is 39.0 cm³/mol. The molecule has 0 amide bonds. The molecule has 10 heavy (non-hydrogen) atoms. The Morgan fingerprint density at radius 2 is 2.30 bits per heavy atom. The zero-order chi connectivity index (χ0) is 7.78. The van der Waals surface area contributed by atoms with Crippen molar-refractivity contribution in [1.29, 1.82) is 0 Å². The van der Waals surface area contributed by atoms with Gasteiger partial charge in [-0.25, -0.2) is 12.7 Å². The largest absolute Gasteiger partial charge is 0.329 e. The smallest absolute Gasteiger partial charge is 0.218 e. The third-order valence-corrected chi connectivity index (χ3v) is 4.21. The lowest BCUT2D eigenvalue weighted by Gasteiger charge is -2.08. The first-order valence-corrected chi connectivity index (χ1v) is 4.74. The highest BCUT2D eigenvalue weighted by Crippen LogP contribution is 2.17. The molecule has 4 nitrogen and oxygen atoms in total. The summed E-state index contributed by atoms with van der Waals surface area (Å²) in [6.45, 7) is 0.858. The van der Waals surface area contributed by atoms with Crippen LogP contribution in [0.4, 0.5) is 0 Å². The fourth-order valence-corrected chi connectivity index (χ4v) is 2.61. The SMILES string of the molecule is CN1CC[C@H](CN)S1(=O)=O. The van der Waals surface area contributed by atoms with Crippen molar-refractivity contribution in [2.24, 2.45) is 5.73 Å². The van der Waals surface area contributed by atoms with Gasteiger partial charge in [-0.15, -0.1) is 0 Å². The summed E-state index contributed by atoms with van der Waals surface area (Å²) in [5.74, 6) is 0. The molecule has 0 bridgehead atoms. The molecular formula is C5H12N2O2S. The van der Waals surface area contributed by atoms with E-state index in [0.717, 1.165) is 0 Å². The lowest BCUT2D eigenvalue weighted by molar-refractivity contribution is 0.507. The van der Waals surface area contributed by atoms with Crippen LogP contribution in [0.25, 0.3) is 0 Å². The van der Waals surface area contributed by atoms with Gasteiger partial charge in [-0.05, 0) is 6.42 Å². The lowest BCUT2D eigenvalue weighted by atomic mass is 10.3. The summed E-state index contributed by atoms with van der Waals surface area (Å²) in [6, 6.07) is 0. The number of rotatable bonds is 1. The molecule has 0 aromatic heterocycles. The molecule has 0 unspecified atom stereocenters. The van der Waals surface area contributed by atoms with Crippen LogP contribution < -0.4 is 5.73 Å². The van der Waals surface area contributed by atoms with Crippen molar-refractivity contribution in [3.8, 4) is 0 Å². The van der Waals surface area contributed by atoms with E-state index < -0.39 is 10.0 Å². The Kier molecular flexibility index (Phi) is 1.98. The summed E-state index contributed by atoms with van der Waals surface area (Å²) in [5.41, 5.74) is 5.27. The molecule has 0 spiro atoms. The van der Waals surface area contributed by atoms with Crippen molar-refractivity contribution < 1.29 is 8.42 Å². The molecule has 1 aliphatic heterocycles. The molecule has 0 radical (unpaired) electrons. The maximum atomic E-state index is 11.2. The molecule has 1 heterocycles. The Labute approximate surface area is 61.1 Å². The summed E-state index contributed by atoms with van der Waals surface area (Å²) in [5, 5.41) is -0.336. The molecule has 60 valence electrons. The Morgan fingerprint density at radius 1 is 1.70 bits per heavy atom. The summed E-state index contributed by atoms with van der Waals surface area (Å²) >= 11 is 0. The van der Waals surface area contributed by atoms with Gasteiger partial charge in [0.05, 0.1) is 5.25 Å². The predicted octanol–water partition coefficient (Wildman–Crippen LogP) is -1.02. The van der Waals surface area contributed by atoms with Gasteiger partial charge in [0.1, 0.15) is 0 Å². The first-order chi connectivity index (χ1) is 4.59. The van der Waals surface area contributed by atoms with Crippen LogP contribution in [0.3, 0.4) is 0 Å². The van der Waals surface area contributed by atoms with E-state index in [-0.39, 0.29) is 11.8 Å². The standard InChI is InChI=1S/C5H12N2O2S/c1-7-3-2-5(4-6)10(7,8)9/h5H,2-4,6H2,1H3/t5-/m1/s1. The van der Waals surface area contributed by atoms with Gasteiger partial charge in [-0.1, -0.05) is 0 Å². The Hall–Kier alpha value is -0.130. The molecule has 0 saturated carbocycles. The molecule has 0 aromatic rings.